The Morgan fingerprint density at radius 2 is 1.81 bits per heavy atom. The highest BCUT2D eigenvalue weighted by Gasteiger charge is 2.08. The molecule has 1 amide bonds. The zero-order valence-corrected chi connectivity index (χ0v) is 18.6. The van der Waals surface area contributed by atoms with Crippen molar-refractivity contribution in [3.05, 3.63) is 59.9 Å². The molecule has 0 aliphatic rings. The van der Waals surface area contributed by atoms with Gasteiger partial charge in [0.25, 0.3) is 5.91 Å². The predicted octanol–water partition coefficient (Wildman–Crippen LogP) is 3.00. The Bertz CT molecular complexity index is 698. The Labute approximate surface area is 178 Å². The van der Waals surface area contributed by atoms with E-state index in [4.69, 9.17) is 0 Å². The molecule has 2 aromatic rings. The molecule has 6 nitrogen and oxygen atoms in total. The first-order chi connectivity index (χ1) is 12.6. The van der Waals surface area contributed by atoms with Crippen molar-refractivity contribution in [3.63, 3.8) is 0 Å². The van der Waals surface area contributed by atoms with Crippen molar-refractivity contribution in [2.75, 3.05) is 13.6 Å². The number of aromatic nitrogens is 1. The van der Waals surface area contributed by atoms with E-state index in [9.17, 15) is 4.79 Å². The average Bonchev–Trinajstić information content (AvgIpc) is 3.18. The number of carbonyl (C=O) groups is 1. The maximum Gasteiger partial charge on any atom is 0.251 e. The molecule has 148 valence electrons. The van der Waals surface area contributed by atoms with E-state index in [2.05, 4.69) is 32.4 Å². The monoisotopic (exact) mass is 483 g/mol. The average molecular weight is 483 g/mol. The van der Waals surface area contributed by atoms with E-state index in [1.165, 1.54) is 0 Å². The molecule has 1 heterocycles. The van der Waals surface area contributed by atoms with Crippen LogP contribution in [0.3, 0.4) is 0 Å². The minimum absolute atomic E-state index is 0. The number of hydrogen-bond acceptors (Lipinski definition) is 2. The molecular weight excluding hydrogens is 453 g/mol. The number of benzene rings is 1. The van der Waals surface area contributed by atoms with Gasteiger partial charge in [0.1, 0.15) is 0 Å². The number of halogens is 1. The van der Waals surface area contributed by atoms with E-state index in [1.807, 2.05) is 55.7 Å². The second-order valence-corrected chi connectivity index (χ2v) is 6.25. The van der Waals surface area contributed by atoms with Crippen molar-refractivity contribution in [3.8, 4) is 0 Å². The topological polar surface area (TPSA) is 70.4 Å². The van der Waals surface area contributed by atoms with E-state index in [1.54, 1.807) is 7.05 Å². The van der Waals surface area contributed by atoms with E-state index in [-0.39, 0.29) is 35.9 Å². The van der Waals surface area contributed by atoms with Crippen LogP contribution in [0.15, 0.2) is 53.8 Å². The summed E-state index contributed by atoms with van der Waals surface area (Å²) in [6, 6.07) is 11.9. The largest absolute Gasteiger partial charge is 0.355 e. The Morgan fingerprint density at radius 1 is 1.15 bits per heavy atom. The first kappa shape index (κ1) is 23.0. The third kappa shape index (κ3) is 8.03. The summed E-state index contributed by atoms with van der Waals surface area (Å²) in [5, 5.41) is 9.55. The summed E-state index contributed by atoms with van der Waals surface area (Å²) in [4.78, 5) is 16.3. The highest BCUT2D eigenvalue weighted by Crippen LogP contribution is 2.05. The lowest BCUT2D eigenvalue weighted by Gasteiger charge is -2.13. The summed E-state index contributed by atoms with van der Waals surface area (Å²) in [6.07, 6.45) is 5.00. The van der Waals surface area contributed by atoms with Crippen molar-refractivity contribution in [2.45, 2.75) is 39.4 Å². The van der Waals surface area contributed by atoms with Gasteiger partial charge in [0.15, 0.2) is 5.96 Å². The Kier molecular flexibility index (Phi) is 10.5. The quantitative estimate of drug-likeness (QED) is 0.307. The normalized spacial score (nSPS) is 12.0. The lowest BCUT2D eigenvalue weighted by molar-refractivity contribution is 0.0939. The van der Waals surface area contributed by atoms with Gasteiger partial charge in [-0.2, -0.15) is 0 Å². The van der Waals surface area contributed by atoms with Gasteiger partial charge in [-0.05, 0) is 43.2 Å². The number of guanidine groups is 1. The lowest BCUT2D eigenvalue weighted by Crippen LogP contribution is -2.38. The van der Waals surface area contributed by atoms with Crippen LogP contribution in [0.25, 0.3) is 0 Å². The molecule has 1 atom stereocenters. The van der Waals surface area contributed by atoms with Crippen molar-refractivity contribution in [1.82, 2.24) is 20.5 Å². The van der Waals surface area contributed by atoms with Gasteiger partial charge < -0.3 is 20.5 Å². The van der Waals surface area contributed by atoms with Crippen LogP contribution in [-0.2, 0) is 13.1 Å². The number of nitrogens with one attached hydrogen (secondary N) is 3. The molecule has 0 radical (unpaired) electrons. The minimum atomic E-state index is -0.0265. The van der Waals surface area contributed by atoms with Crippen LogP contribution in [0, 0.1) is 0 Å². The van der Waals surface area contributed by atoms with Crippen LogP contribution < -0.4 is 16.0 Å². The van der Waals surface area contributed by atoms with Crippen molar-refractivity contribution in [2.24, 2.45) is 4.99 Å². The third-order valence-corrected chi connectivity index (χ3v) is 4.22. The van der Waals surface area contributed by atoms with Crippen LogP contribution in [0.4, 0.5) is 0 Å². The summed E-state index contributed by atoms with van der Waals surface area (Å²) in [6.45, 7) is 6.39. The molecule has 0 bridgehead atoms. The maximum absolute atomic E-state index is 12.1. The number of hydrogen-bond donors (Lipinski definition) is 3. The summed E-state index contributed by atoms with van der Waals surface area (Å²) < 4.78 is 2.11. The van der Waals surface area contributed by atoms with E-state index >= 15 is 0 Å². The zero-order chi connectivity index (χ0) is 18.8. The maximum atomic E-state index is 12.1. The van der Waals surface area contributed by atoms with Crippen molar-refractivity contribution in [1.29, 1.82) is 0 Å². The van der Waals surface area contributed by atoms with Crippen LogP contribution in [0.5, 0.6) is 0 Å². The van der Waals surface area contributed by atoms with Crippen molar-refractivity contribution < 1.29 is 4.79 Å². The number of carbonyl (C=O) groups excluding carboxylic acids is 1. The summed E-state index contributed by atoms with van der Waals surface area (Å²) in [7, 11) is 1.76. The first-order valence-electron chi connectivity index (χ1n) is 9.07. The molecule has 27 heavy (non-hydrogen) atoms. The summed E-state index contributed by atoms with van der Waals surface area (Å²) in [5.74, 6) is 0.733. The molecule has 0 fully saturated rings. The SMILES string of the molecule is CCC(C)NC(=O)c1ccc(CNC(=NC)NCCn2cccc2)cc1.I. The molecule has 0 spiro atoms. The standard InChI is InChI=1S/C20H29N5O.HI/c1-4-16(2)24-19(26)18-9-7-17(8-10-18)15-23-20(21-3)22-11-14-25-12-5-6-13-25;/h5-10,12-13,16H,4,11,14-15H2,1-3H3,(H,24,26)(H2,21,22,23);1H. The molecule has 3 N–H and O–H groups in total. The van der Waals surface area contributed by atoms with Crippen molar-refractivity contribution >= 4 is 35.8 Å². The van der Waals surface area contributed by atoms with Gasteiger partial charge in [-0.3, -0.25) is 9.79 Å². The molecule has 0 aliphatic carbocycles. The van der Waals surface area contributed by atoms with E-state index in [0.29, 0.717) is 12.1 Å². The fourth-order valence-corrected chi connectivity index (χ4v) is 2.41. The third-order valence-electron chi connectivity index (χ3n) is 4.22. The minimum Gasteiger partial charge on any atom is -0.355 e. The molecule has 1 aromatic heterocycles. The van der Waals surface area contributed by atoms with Gasteiger partial charge in [0.05, 0.1) is 0 Å². The van der Waals surface area contributed by atoms with Crippen LogP contribution in [0.1, 0.15) is 36.2 Å². The van der Waals surface area contributed by atoms with E-state index < -0.39 is 0 Å². The molecule has 7 heteroatoms. The fourth-order valence-electron chi connectivity index (χ4n) is 2.41. The van der Waals surface area contributed by atoms with Gasteiger partial charge in [0.2, 0.25) is 0 Å². The second-order valence-electron chi connectivity index (χ2n) is 6.25. The van der Waals surface area contributed by atoms with Gasteiger partial charge in [-0.25, -0.2) is 0 Å². The molecular formula is C20H30IN5O. The predicted molar refractivity (Wildman–Crippen MR) is 122 cm³/mol. The van der Waals surface area contributed by atoms with Gasteiger partial charge in [-0.15, -0.1) is 24.0 Å². The number of aliphatic imine (C=N–C) groups is 1. The van der Waals surface area contributed by atoms with Gasteiger partial charge in [-0.1, -0.05) is 19.1 Å². The van der Waals surface area contributed by atoms with Gasteiger partial charge in [0, 0.05) is 50.7 Å². The summed E-state index contributed by atoms with van der Waals surface area (Å²) >= 11 is 0. The molecule has 0 saturated heterocycles. The number of amides is 1. The van der Waals surface area contributed by atoms with Crippen LogP contribution >= 0.6 is 24.0 Å². The van der Waals surface area contributed by atoms with Gasteiger partial charge >= 0.3 is 0 Å². The first-order valence-corrected chi connectivity index (χ1v) is 9.07. The zero-order valence-electron chi connectivity index (χ0n) is 16.2. The molecule has 0 aliphatic heterocycles. The molecule has 1 unspecified atom stereocenters. The smallest absolute Gasteiger partial charge is 0.251 e. The highest BCUT2D eigenvalue weighted by molar-refractivity contribution is 14.0. The summed E-state index contributed by atoms with van der Waals surface area (Å²) in [5.41, 5.74) is 1.78. The second kappa shape index (κ2) is 12.4. The number of nitrogens with zero attached hydrogens (tertiary/aromatic N) is 2. The van der Waals surface area contributed by atoms with Crippen LogP contribution in [-0.4, -0.2) is 36.1 Å². The number of rotatable bonds is 8. The Morgan fingerprint density at radius 3 is 2.41 bits per heavy atom. The molecule has 1 aromatic carbocycles. The Hall–Kier alpha value is -2.03. The fraction of sp³-hybridized carbons (Fsp3) is 0.400. The molecule has 0 saturated carbocycles. The molecule has 2 rings (SSSR count). The van der Waals surface area contributed by atoms with Crippen LogP contribution in [0.2, 0.25) is 0 Å². The van der Waals surface area contributed by atoms with E-state index in [0.717, 1.165) is 31.0 Å². The highest BCUT2D eigenvalue weighted by atomic mass is 127. The Balaban J connectivity index is 0.00000364. The lowest BCUT2D eigenvalue weighted by atomic mass is 10.1.